The lowest BCUT2D eigenvalue weighted by Crippen LogP contribution is -2.16. The van der Waals surface area contributed by atoms with Crippen LogP contribution in [-0.2, 0) is 0 Å². The van der Waals surface area contributed by atoms with E-state index in [1.54, 1.807) is 0 Å². The van der Waals surface area contributed by atoms with Crippen LogP contribution in [0.1, 0.15) is 54.7 Å². The van der Waals surface area contributed by atoms with Gasteiger partial charge in [0.25, 0.3) is 0 Å². The van der Waals surface area contributed by atoms with Gasteiger partial charge in [-0.2, -0.15) is 0 Å². The minimum atomic E-state index is 0.567. The summed E-state index contributed by atoms with van der Waals surface area (Å²) in [5.41, 5.74) is 17.9. The van der Waals surface area contributed by atoms with Crippen molar-refractivity contribution in [1.82, 2.24) is 0 Å². The molecule has 14 aromatic rings. The van der Waals surface area contributed by atoms with Crippen LogP contribution in [0.5, 0.6) is 0 Å². The summed E-state index contributed by atoms with van der Waals surface area (Å²) in [5, 5.41) is 11.7. The third-order valence-corrected chi connectivity index (χ3v) is 16.5. The maximum atomic E-state index is 7.08. The van der Waals surface area contributed by atoms with Crippen LogP contribution in [0.2, 0.25) is 0 Å². The first kappa shape index (κ1) is 44.4. The summed E-state index contributed by atoms with van der Waals surface area (Å²) < 4.78 is 14.2. The number of para-hydroxylation sites is 4. The van der Waals surface area contributed by atoms with Crippen LogP contribution in [-0.4, -0.2) is 0 Å². The number of benzene rings is 12. The van der Waals surface area contributed by atoms with E-state index < -0.39 is 0 Å². The Morgan fingerprint density at radius 1 is 0.342 bits per heavy atom. The van der Waals surface area contributed by atoms with E-state index in [9.17, 15) is 0 Å². The Bertz CT molecular complexity index is 4270. The molecule has 2 aromatic heterocycles. The molecule has 1 aliphatic carbocycles. The molecular weight excluding hydrogens is 925 g/mol. The second-order valence-corrected chi connectivity index (χ2v) is 21.1. The lowest BCUT2D eigenvalue weighted by molar-refractivity contribution is 0.444. The predicted octanol–water partition coefficient (Wildman–Crippen LogP) is 21.3. The maximum Gasteiger partial charge on any atom is 0.159 e. The number of hydrogen-bond acceptors (Lipinski definition) is 4. The van der Waals surface area contributed by atoms with Crippen molar-refractivity contribution < 1.29 is 8.83 Å². The zero-order valence-electron chi connectivity index (χ0n) is 42.7. The predicted molar refractivity (Wildman–Crippen MR) is 320 cm³/mol. The smallest absolute Gasteiger partial charge is 0.159 e. The highest BCUT2D eigenvalue weighted by atomic mass is 16.3. The van der Waals surface area contributed by atoms with Gasteiger partial charge < -0.3 is 18.6 Å². The fraction of sp³-hybridized carbons (Fsp3) is 0.111. The number of aryl methyl sites for hydroxylation is 2. The van der Waals surface area contributed by atoms with Gasteiger partial charge in [0.1, 0.15) is 11.2 Å². The van der Waals surface area contributed by atoms with Crippen molar-refractivity contribution in [2.45, 2.75) is 51.9 Å². The van der Waals surface area contributed by atoms with Crippen LogP contribution < -0.4 is 9.80 Å². The Labute approximate surface area is 442 Å². The van der Waals surface area contributed by atoms with Gasteiger partial charge in [0.15, 0.2) is 11.2 Å². The van der Waals surface area contributed by atoms with Gasteiger partial charge in [0, 0.05) is 48.8 Å². The average Bonchev–Trinajstić information content (AvgIpc) is 4.18. The number of fused-ring (bicyclic) bond motifs is 6. The van der Waals surface area contributed by atoms with Gasteiger partial charge in [-0.05, 0) is 120 Å². The molecular formula is C72H54N2O2. The molecule has 0 amide bonds. The molecule has 0 unspecified atom stereocenters. The van der Waals surface area contributed by atoms with Gasteiger partial charge in [0.2, 0.25) is 0 Å². The van der Waals surface area contributed by atoms with Crippen LogP contribution in [0.15, 0.2) is 233 Å². The molecule has 12 aromatic carbocycles. The first-order chi connectivity index (χ1) is 37.5. The van der Waals surface area contributed by atoms with E-state index in [4.69, 9.17) is 8.83 Å². The number of nitrogens with zero attached hydrogens (tertiary/aromatic N) is 2. The third-order valence-electron chi connectivity index (χ3n) is 16.5. The first-order valence-corrected chi connectivity index (χ1v) is 27.0. The molecule has 0 atom stereocenters. The summed E-state index contributed by atoms with van der Waals surface area (Å²) in [6, 6.07) is 82.8. The van der Waals surface area contributed by atoms with E-state index in [1.807, 2.05) is 0 Å². The molecule has 1 aliphatic rings. The van der Waals surface area contributed by atoms with Gasteiger partial charge in [-0.25, -0.2) is 0 Å². The van der Waals surface area contributed by atoms with E-state index >= 15 is 0 Å². The largest absolute Gasteiger partial charge is 0.454 e. The fourth-order valence-electron chi connectivity index (χ4n) is 12.9. The molecule has 0 saturated heterocycles. The van der Waals surface area contributed by atoms with E-state index in [0.717, 1.165) is 111 Å². The summed E-state index contributed by atoms with van der Waals surface area (Å²) in [7, 11) is 0. The van der Waals surface area contributed by atoms with Crippen LogP contribution in [0.25, 0.3) is 98.4 Å². The maximum absolute atomic E-state index is 7.08. The van der Waals surface area contributed by atoms with Gasteiger partial charge >= 0.3 is 0 Å². The molecule has 2 heterocycles. The lowest BCUT2D eigenvalue weighted by Gasteiger charge is -2.34. The van der Waals surface area contributed by atoms with Crippen molar-refractivity contribution in [3.8, 4) is 22.3 Å². The van der Waals surface area contributed by atoms with Crippen molar-refractivity contribution in [2.75, 3.05) is 9.80 Å². The van der Waals surface area contributed by atoms with Gasteiger partial charge in [-0.1, -0.05) is 200 Å². The van der Waals surface area contributed by atoms with Crippen molar-refractivity contribution in [1.29, 1.82) is 0 Å². The van der Waals surface area contributed by atoms with E-state index in [2.05, 4.69) is 248 Å². The van der Waals surface area contributed by atoms with Gasteiger partial charge in [0.05, 0.1) is 34.1 Å². The summed E-state index contributed by atoms with van der Waals surface area (Å²) in [6.07, 6.45) is 6.39. The average molecular weight is 979 g/mol. The standard InChI is InChI=1S/C72H54N2O2/c1-45-32-38-61(59(40-45)48-20-8-4-9-21-48)73(63-28-16-26-55-53-24-12-14-30-67(53)75-71(55)63)65-44-66(58-37-35-51-43-52(47-18-6-3-7-19-47)42-50-34-36-57(65)70(58)69(50)51)74(62-39-33-46(2)41-60(62)49-22-10-5-11-23-49)64-29-17-27-56-54-25-13-15-31-68(54)76-72(56)64/h4-5,8-17,20-44,47H,3,6-7,18-19H2,1-2H3. The molecule has 0 bridgehead atoms. The van der Waals surface area contributed by atoms with Crippen LogP contribution in [0, 0.1) is 13.8 Å². The lowest BCUT2D eigenvalue weighted by atomic mass is 9.82. The quantitative estimate of drug-likeness (QED) is 0.135. The van der Waals surface area contributed by atoms with Crippen LogP contribution in [0.4, 0.5) is 34.1 Å². The summed E-state index contributed by atoms with van der Waals surface area (Å²) in [6.45, 7) is 4.39. The molecule has 0 spiro atoms. The minimum absolute atomic E-state index is 0.567. The fourth-order valence-corrected chi connectivity index (χ4v) is 12.9. The van der Waals surface area contributed by atoms with Crippen molar-refractivity contribution in [2.24, 2.45) is 0 Å². The Hall–Kier alpha value is -9.12. The minimum Gasteiger partial charge on any atom is -0.454 e. The van der Waals surface area contributed by atoms with E-state index in [-0.39, 0.29) is 0 Å². The molecule has 364 valence electrons. The van der Waals surface area contributed by atoms with Gasteiger partial charge in [-0.3, -0.25) is 0 Å². The third kappa shape index (κ3) is 7.12. The first-order valence-electron chi connectivity index (χ1n) is 27.0. The zero-order valence-corrected chi connectivity index (χ0v) is 42.7. The van der Waals surface area contributed by atoms with Crippen molar-refractivity contribution >= 4 is 110 Å². The SMILES string of the molecule is Cc1ccc(N(c2cc(N(c3ccc(C)cc3-c3ccccc3)c3cccc4c3oc3ccccc34)c3ccc4cc(C5CCCCC5)cc5ccc2c3c54)c2cccc3c2oc2ccccc23)c(-c2ccccc2)c1. The Balaban J connectivity index is 1.12. The Morgan fingerprint density at radius 2 is 0.803 bits per heavy atom. The van der Waals surface area contributed by atoms with Crippen molar-refractivity contribution in [3.63, 3.8) is 0 Å². The molecule has 0 aliphatic heterocycles. The zero-order chi connectivity index (χ0) is 50.4. The number of hydrogen-bond donors (Lipinski definition) is 0. The van der Waals surface area contributed by atoms with E-state index in [1.165, 1.54) is 70.3 Å². The second-order valence-electron chi connectivity index (χ2n) is 21.1. The normalized spacial score (nSPS) is 13.3. The molecule has 0 radical (unpaired) electrons. The highest BCUT2D eigenvalue weighted by molar-refractivity contribution is 6.30. The molecule has 4 heteroatoms. The summed E-state index contributed by atoms with van der Waals surface area (Å²) >= 11 is 0. The highest BCUT2D eigenvalue weighted by Gasteiger charge is 2.31. The van der Waals surface area contributed by atoms with Crippen LogP contribution in [0.3, 0.4) is 0 Å². The Morgan fingerprint density at radius 3 is 1.30 bits per heavy atom. The summed E-state index contributed by atoms with van der Waals surface area (Å²) in [5.74, 6) is 0.567. The second kappa shape index (κ2) is 17.8. The molecule has 15 rings (SSSR count). The van der Waals surface area contributed by atoms with Crippen molar-refractivity contribution in [3.05, 3.63) is 241 Å². The molecule has 0 N–H and O–H groups in total. The molecule has 1 fully saturated rings. The van der Waals surface area contributed by atoms with Crippen LogP contribution >= 0.6 is 0 Å². The highest BCUT2D eigenvalue weighted by Crippen LogP contribution is 2.55. The number of furan rings is 2. The topological polar surface area (TPSA) is 32.8 Å². The molecule has 76 heavy (non-hydrogen) atoms. The van der Waals surface area contributed by atoms with Gasteiger partial charge in [-0.15, -0.1) is 0 Å². The number of rotatable bonds is 9. The monoisotopic (exact) mass is 978 g/mol. The Kier molecular flexibility index (Phi) is 10.4. The molecule has 1 saturated carbocycles. The van der Waals surface area contributed by atoms with E-state index in [0.29, 0.717) is 5.92 Å². The summed E-state index contributed by atoms with van der Waals surface area (Å²) in [4.78, 5) is 5.01. The molecule has 4 nitrogen and oxygen atoms in total. The number of anilines is 6.